The smallest absolute Gasteiger partial charge is 0.248 e. The van der Waals surface area contributed by atoms with E-state index >= 15 is 0 Å². The highest BCUT2D eigenvalue weighted by molar-refractivity contribution is 7.89. The fourth-order valence-corrected chi connectivity index (χ4v) is 3.68. The summed E-state index contributed by atoms with van der Waals surface area (Å²) >= 11 is 0. The maximum absolute atomic E-state index is 12.4. The highest BCUT2D eigenvalue weighted by atomic mass is 32.2. The fraction of sp³-hybridized carbons (Fsp3) is 0.636. The van der Waals surface area contributed by atoms with Gasteiger partial charge in [-0.2, -0.15) is 9.40 Å². The van der Waals surface area contributed by atoms with Crippen LogP contribution in [0.5, 0.6) is 0 Å². The highest BCUT2D eigenvalue weighted by Crippen LogP contribution is 2.23. The molecule has 112 valence electrons. The van der Waals surface area contributed by atoms with E-state index in [-0.39, 0.29) is 22.7 Å². The summed E-state index contributed by atoms with van der Waals surface area (Å²) in [5.41, 5.74) is 5.56. The zero-order chi connectivity index (χ0) is 14.8. The van der Waals surface area contributed by atoms with Gasteiger partial charge in [0.05, 0.1) is 6.20 Å². The van der Waals surface area contributed by atoms with Crippen molar-refractivity contribution in [2.45, 2.75) is 37.1 Å². The van der Waals surface area contributed by atoms with Crippen molar-refractivity contribution in [2.24, 2.45) is 0 Å². The predicted octanol–water partition coefficient (Wildman–Crippen LogP) is -0.329. The van der Waals surface area contributed by atoms with Gasteiger partial charge in [0.15, 0.2) is 0 Å². The Morgan fingerprint density at radius 2 is 2.20 bits per heavy atom. The summed E-state index contributed by atoms with van der Waals surface area (Å²) < 4.78 is 26.1. The number of rotatable bonds is 4. The number of carbonyl (C=O) groups excluding carboxylic acids is 1. The van der Waals surface area contributed by atoms with Gasteiger partial charge < -0.3 is 11.1 Å². The van der Waals surface area contributed by atoms with Crippen molar-refractivity contribution in [2.75, 3.05) is 18.8 Å². The van der Waals surface area contributed by atoms with Crippen LogP contribution in [-0.2, 0) is 14.8 Å². The Balaban J connectivity index is 2.00. The molecule has 1 aromatic heterocycles. The van der Waals surface area contributed by atoms with Crippen LogP contribution >= 0.6 is 0 Å². The molecule has 0 atom stereocenters. The Morgan fingerprint density at radius 3 is 2.70 bits per heavy atom. The number of hydrogen-bond acceptors (Lipinski definition) is 5. The SMILES string of the molecule is CCC(=O)NC1CCN(S(=O)(=O)c2cn[nH]c2N)CC1. The molecule has 0 radical (unpaired) electrons. The first-order valence-corrected chi connectivity index (χ1v) is 7.97. The van der Waals surface area contributed by atoms with Crippen LogP contribution in [0.15, 0.2) is 11.1 Å². The van der Waals surface area contributed by atoms with Gasteiger partial charge in [-0.25, -0.2) is 8.42 Å². The van der Waals surface area contributed by atoms with Crippen molar-refractivity contribution in [1.82, 2.24) is 19.8 Å². The van der Waals surface area contributed by atoms with Crippen molar-refractivity contribution >= 4 is 21.7 Å². The Bertz CT molecular complexity index is 575. The lowest BCUT2D eigenvalue weighted by molar-refractivity contribution is -0.121. The van der Waals surface area contributed by atoms with Crippen molar-refractivity contribution < 1.29 is 13.2 Å². The van der Waals surface area contributed by atoms with E-state index in [4.69, 9.17) is 5.73 Å². The largest absolute Gasteiger partial charge is 0.383 e. The lowest BCUT2D eigenvalue weighted by Gasteiger charge is -2.31. The van der Waals surface area contributed by atoms with E-state index in [0.717, 1.165) is 0 Å². The van der Waals surface area contributed by atoms with Gasteiger partial charge in [-0.3, -0.25) is 9.89 Å². The number of nitrogens with two attached hydrogens (primary N) is 1. The molecule has 0 aromatic carbocycles. The number of aromatic nitrogens is 2. The number of carbonyl (C=O) groups is 1. The van der Waals surface area contributed by atoms with Crippen molar-refractivity contribution in [1.29, 1.82) is 0 Å². The van der Waals surface area contributed by atoms with Crippen LogP contribution in [0.1, 0.15) is 26.2 Å². The Labute approximate surface area is 117 Å². The first kappa shape index (κ1) is 14.8. The van der Waals surface area contributed by atoms with E-state index in [2.05, 4.69) is 15.5 Å². The summed E-state index contributed by atoms with van der Waals surface area (Å²) in [5, 5.41) is 8.94. The minimum Gasteiger partial charge on any atom is -0.383 e. The molecule has 1 aromatic rings. The van der Waals surface area contributed by atoms with Gasteiger partial charge in [-0.15, -0.1) is 0 Å². The van der Waals surface area contributed by atoms with Crippen LogP contribution in [0.3, 0.4) is 0 Å². The summed E-state index contributed by atoms with van der Waals surface area (Å²) in [4.78, 5) is 11.3. The van der Waals surface area contributed by atoms with Gasteiger partial charge >= 0.3 is 0 Å². The number of H-pyrrole nitrogens is 1. The summed E-state index contributed by atoms with van der Waals surface area (Å²) in [6.07, 6.45) is 2.85. The Morgan fingerprint density at radius 1 is 1.55 bits per heavy atom. The van der Waals surface area contributed by atoms with E-state index in [1.807, 2.05) is 0 Å². The first-order valence-electron chi connectivity index (χ1n) is 6.53. The number of nitrogens with zero attached hydrogens (tertiary/aromatic N) is 2. The Kier molecular flexibility index (Phi) is 4.29. The van der Waals surface area contributed by atoms with Gasteiger partial charge in [-0.1, -0.05) is 6.92 Å². The molecule has 1 aliphatic heterocycles. The predicted molar refractivity (Wildman–Crippen MR) is 73.2 cm³/mol. The lowest BCUT2D eigenvalue weighted by atomic mass is 10.1. The minimum absolute atomic E-state index is 0.00791. The average molecular weight is 301 g/mol. The molecule has 0 unspecified atom stereocenters. The molecule has 4 N–H and O–H groups in total. The molecule has 2 rings (SSSR count). The standard InChI is InChI=1S/C11H19N5O3S/c1-2-10(17)14-8-3-5-16(6-4-8)20(18,19)9-7-13-15-11(9)12/h7-8H,2-6H2,1H3,(H,14,17)(H3,12,13,15). The second-order valence-electron chi connectivity index (χ2n) is 4.75. The van der Waals surface area contributed by atoms with Crippen LogP contribution in [0.2, 0.25) is 0 Å². The van der Waals surface area contributed by atoms with E-state index in [1.165, 1.54) is 10.5 Å². The second kappa shape index (κ2) is 5.80. The summed E-state index contributed by atoms with van der Waals surface area (Å²) in [5.74, 6) is 0.0387. The van der Waals surface area contributed by atoms with Gasteiger partial charge in [-0.05, 0) is 12.8 Å². The van der Waals surface area contributed by atoms with Crippen LogP contribution in [0.25, 0.3) is 0 Å². The molecule has 0 spiro atoms. The van der Waals surface area contributed by atoms with Gasteiger partial charge in [0.25, 0.3) is 0 Å². The average Bonchev–Trinajstić information content (AvgIpc) is 2.86. The lowest BCUT2D eigenvalue weighted by Crippen LogP contribution is -2.46. The number of aromatic amines is 1. The number of amides is 1. The van der Waals surface area contributed by atoms with Crippen LogP contribution in [0.4, 0.5) is 5.82 Å². The van der Waals surface area contributed by atoms with Crippen LogP contribution in [0, 0.1) is 0 Å². The van der Waals surface area contributed by atoms with Crippen LogP contribution in [-0.4, -0.2) is 48.0 Å². The number of sulfonamides is 1. The maximum atomic E-state index is 12.4. The molecule has 0 saturated carbocycles. The number of anilines is 1. The number of nitrogens with one attached hydrogen (secondary N) is 2. The van der Waals surface area contributed by atoms with E-state index < -0.39 is 10.0 Å². The van der Waals surface area contributed by atoms with Crippen LogP contribution < -0.4 is 11.1 Å². The summed E-state index contributed by atoms with van der Waals surface area (Å²) in [6.45, 7) is 2.51. The van der Waals surface area contributed by atoms with E-state index in [0.29, 0.717) is 32.4 Å². The summed E-state index contributed by atoms with van der Waals surface area (Å²) in [7, 11) is -3.60. The molecule has 1 aliphatic rings. The number of piperidine rings is 1. The molecule has 8 nitrogen and oxygen atoms in total. The first-order chi connectivity index (χ1) is 9.45. The highest BCUT2D eigenvalue weighted by Gasteiger charge is 2.31. The molecule has 0 bridgehead atoms. The second-order valence-corrected chi connectivity index (χ2v) is 6.65. The zero-order valence-electron chi connectivity index (χ0n) is 11.3. The third-order valence-corrected chi connectivity index (χ3v) is 5.32. The topological polar surface area (TPSA) is 121 Å². The zero-order valence-corrected chi connectivity index (χ0v) is 12.1. The molecule has 1 fully saturated rings. The van der Waals surface area contributed by atoms with Gasteiger partial charge in [0.1, 0.15) is 10.7 Å². The molecular formula is C11H19N5O3S. The third kappa shape index (κ3) is 2.93. The number of hydrogen-bond donors (Lipinski definition) is 3. The van der Waals surface area contributed by atoms with Crippen molar-refractivity contribution in [3.63, 3.8) is 0 Å². The normalized spacial score (nSPS) is 18.1. The Hall–Kier alpha value is -1.61. The quantitative estimate of drug-likeness (QED) is 0.703. The molecule has 1 saturated heterocycles. The molecular weight excluding hydrogens is 282 g/mol. The fourth-order valence-electron chi connectivity index (χ4n) is 2.20. The molecule has 9 heteroatoms. The molecule has 1 amide bonds. The van der Waals surface area contributed by atoms with Gasteiger partial charge in [0.2, 0.25) is 15.9 Å². The van der Waals surface area contributed by atoms with E-state index in [1.54, 1.807) is 6.92 Å². The summed E-state index contributed by atoms with van der Waals surface area (Å²) in [6, 6.07) is 0.0376. The maximum Gasteiger partial charge on any atom is 0.248 e. The monoisotopic (exact) mass is 301 g/mol. The van der Waals surface area contributed by atoms with Crippen molar-refractivity contribution in [3.05, 3.63) is 6.20 Å². The third-order valence-electron chi connectivity index (χ3n) is 3.39. The molecule has 0 aliphatic carbocycles. The molecule has 20 heavy (non-hydrogen) atoms. The van der Waals surface area contributed by atoms with E-state index in [9.17, 15) is 13.2 Å². The van der Waals surface area contributed by atoms with Gasteiger partial charge in [0, 0.05) is 25.6 Å². The van der Waals surface area contributed by atoms with Crippen molar-refractivity contribution in [3.8, 4) is 0 Å². The minimum atomic E-state index is -3.60. The number of nitrogen functional groups attached to an aromatic ring is 1. The molecule has 2 heterocycles.